The lowest BCUT2D eigenvalue weighted by Crippen LogP contribution is -2.14. The number of anilines is 2. The van der Waals surface area contributed by atoms with Gasteiger partial charge in [0, 0.05) is 11.4 Å². The van der Waals surface area contributed by atoms with Crippen molar-refractivity contribution < 1.29 is 4.79 Å². The van der Waals surface area contributed by atoms with Crippen LogP contribution >= 0.6 is 11.5 Å². The van der Waals surface area contributed by atoms with E-state index in [9.17, 15) is 4.79 Å². The number of hydrogen-bond donors (Lipinski definition) is 2. The highest BCUT2D eigenvalue weighted by Crippen LogP contribution is 2.24. The Kier molecular flexibility index (Phi) is 3.80. The zero-order chi connectivity index (χ0) is 14.0. The van der Waals surface area contributed by atoms with Gasteiger partial charge in [-0.05, 0) is 55.1 Å². The Labute approximate surface area is 116 Å². The number of nitrogen functional groups attached to an aromatic ring is 1. The summed E-state index contributed by atoms with van der Waals surface area (Å²) in [6.07, 6.45) is 0.693. The summed E-state index contributed by atoms with van der Waals surface area (Å²) in [6, 6.07) is 3.68. The average molecular weight is 276 g/mol. The first-order valence-electron chi connectivity index (χ1n) is 6.02. The smallest absolute Gasteiger partial charge is 0.269 e. The molecule has 2 rings (SSSR count). The summed E-state index contributed by atoms with van der Waals surface area (Å²) in [5.41, 5.74) is 9.89. The molecule has 3 N–H and O–H groups in total. The Morgan fingerprint density at radius 1 is 1.37 bits per heavy atom. The van der Waals surface area contributed by atoms with Gasteiger partial charge in [0.25, 0.3) is 5.91 Å². The minimum atomic E-state index is -0.164. The maximum absolute atomic E-state index is 12.2. The van der Waals surface area contributed by atoms with Gasteiger partial charge in [0.15, 0.2) is 0 Å². The lowest BCUT2D eigenvalue weighted by molar-refractivity contribution is 0.102. The zero-order valence-electron chi connectivity index (χ0n) is 11.2. The van der Waals surface area contributed by atoms with Gasteiger partial charge in [0.05, 0.1) is 5.69 Å². The van der Waals surface area contributed by atoms with E-state index in [-0.39, 0.29) is 5.91 Å². The standard InChI is InChI=1S/C13H16N4OS/c1-4-10-12(19-17-16-10)13(18)15-11-7(2)5-9(14)6-8(11)3/h5-6H,4,14H2,1-3H3,(H,15,18). The maximum Gasteiger partial charge on any atom is 0.269 e. The molecule has 100 valence electrons. The van der Waals surface area contributed by atoms with Gasteiger partial charge in [0.2, 0.25) is 0 Å². The SMILES string of the molecule is CCc1nnsc1C(=O)Nc1c(C)cc(N)cc1C. The van der Waals surface area contributed by atoms with Crippen LogP contribution in [0.1, 0.15) is 33.4 Å². The predicted molar refractivity (Wildman–Crippen MR) is 77.6 cm³/mol. The molecule has 1 aromatic heterocycles. The molecule has 0 saturated carbocycles. The van der Waals surface area contributed by atoms with Crippen molar-refractivity contribution in [3.8, 4) is 0 Å². The van der Waals surface area contributed by atoms with Crippen LogP contribution in [0.5, 0.6) is 0 Å². The topological polar surface area (TPSA) is 80.9 Å². The van der Waals surface area contributed by atoms with Crippen molar-refractivity contribution in [2.24, 2.45) is 0 Å². The molecule has 1 aromatic carbocycles. The van der Waals surface area contributed by atoms with E-state index in [1.807, 2.05) is 32.9 Å². The second-order valence-corrected chi connectivity index (χ2v) is 5.14. The molecule has 0 saturated heterocycles. The average Bonchev–Trinajstić information content (AvgIpc) is 2.81. The first-order chi connectivity index (χ1) is 9.02. The van der Waals surface area contributed by atoms with E-state index in [1.54, 1.807) is 0 Å². The Balaban J connectivity index is 2.29. The lowest BCUT2D eigenvalue weighted by atomic mass is 10.1. The van der Waals surface area contributed by atoms with Crippen LogP contribution in [-0.4, -0.2) is 15.5 Å². The fraction of sp³-hybridized carbons (Fsp3) is 0.308. The second-order valence-electron chi connectivity index (χ2n) is 4.39. The zero-order valence-corrected chi connectivity index (χ0v) is 12.0. The number of amides is 1. The minimum absolute atomic E-state index is 0.164. The number of carbonyl (C=O) groups is 1. The molecule has 2 aromatic rings. The number of nitrogens with two attached hydrogens (primary N) is 1. The molecule has 0 aliphatic rings. The molecule has 0 fully saturated rings. The third-order valence-corrected chi connectivity index (χ3v) is 3.66. The molecule has 5 nitrogen and oxygen atoms in total. The summed E-state index contributed by atoms with van der Waals surface area (Å²) < 4.78 is 3.83. The van der Waals surface area contributed by atoms with Crippen LogP contribution in [0, 0.1) is 13.8 Å². The molecule has 0 bridgehead atoms. The summed E-state index contributed by atoms with van der Waals surface area (Å²) >= 11 is 1.12. The molecule has 0 aliphatic carbocycles. The molecule has 6 heteroatoms. The highest BCUT2D eigenvalue weighted by molar-refractivity contribution is 7.08. The van der Waals surface area contributed by atoms with Gasteiger partial charge in [-0.3, -0.25) is 4.79 Å². The minimum Gasteiger partial charge on any atom is -0.399 e. The second kappa shape index (κ2) is 5.36. The maximum atomic E-state index is 12.2. The normalized spacial score (nSPS) is 10.5. The molecule has 1 amide bonds. The number of benzene rings is 1. The number of rotatable bonds is 3. The fourth-order valence-electron chi connectivity index (χ4n) is 1.98. The monoisotopic (exact) mass is 276 g/mol. The first-order valence-corrected chi connectivity index (χ1v) is 6.79. The van der Waals surface area contributed by atoms with Gasteiger partial charge < -0.3 is 11.1 Å². The van der Waals surface area contributed by atoms with Crippen molar-refractivity contribution in [2.75, 3.05) is 11.1 Å². The quantitative estimate of drug-likeness (QED) is 0.844. The summed E-state index contributed by atoms with van der Waals surface area (Å²) in [4.78, 5) is 12.8. The Hall–Kier alpha value is -1.95. The van der Waals surface area contributed by atoms with Crippen LogP contribution in [0.15, 0.2) is 12.1 Å². The molecule has 0 radical (unpaired) electrons. The molecule has 0 atom stereocenters. The fourth-order valence-corrected chi connectivity index (χ4v) is 2.62. The van der Waals surface area contributed by atoms with E-state index >= 15 is 0 Å². The van der Waals surface area contributed by atoms with E-state index in [4.69, 9.17) is 5.73 Å². The Morgan fingerprint density at radius 2 is 2.00 bits per heavy atom. The molecule has 0 unspecified atom stereocenters. The van der Waals surface area contributed by atoms with Crippen molar-refractivity contribution in [3.63, 3.8) is 0 Å². The first kappa shape index (κ1) is 13.5. The summed E-state index contributed by atoms with van der Waals surface area (Å²) in [5.74, 6) is -0.164. The Morgan fingerprint density at radius 3 is 2.58 bits per heavy atom. The highest BCUT2D eigenvalue weighted by atomic mass is 32.1. The molecular formula is C13H16N4OS. The number of hydrogen-bond acceptors (Lipinski definition) is 5. The summed E-state index contributed by atoms with van der Waals surface area (Å²) in [5, 5.41) is 6.86. The Bertz CT molecular complexity index is 598. The number of carbonyl (C=O) groups excluding carboxylic acids is 1. The van der Waals surface area contributed by atoms with Gasteiger partial charge in [-0.25, -0.2) is 0 Å². The van der Waals surface area contributed by atoms with Crippen LogP contribution in [0.25, 0.3) is 0 Å². The third-order valence-electron chi connectivity index (χ3n) is 2.89. The molecule has 1 heterocycles. The van der Waals surface area contributed by atoms with Crippen molar-refractivity contribution >= 4 is 28.8 Å². The summed E-state index contributed by atoms with van der Waals surface area (Å²) in [6.45, 7) is 5.79. The van der Waals surface area contributed by atoms with Gasteiger partial charge >= 0.3 is 0 Å². The van der Waals surface area contributed by atoms with E-state index < -0.39 is 0 Å². The van der Waals surface area contributed by atoms with E-state index in [0.29, 0.717) is 17.0 Å². The summed E-state index contributed by atoms with van der Waals surface area (Å²) in [7, 11) is 0. The number of aromatic nitrogens is 2. The van der Waals surface area contributed by atoms with Crippen LogP contribution in [0.4, 0.5) is 11.4 Å². The van der Waals surface area contributed by atoms with E-state index in [1.165, 1.54) is 0 Å². The van der Waals surface area contributed by atoms with Gasteiger partial charge in [-0.2, -0.15) is 0 Å². The molecular weight excluding hydrogens is 260 g/mol. The predicted octanol–water partition coefficient (Wildman–Crippen LogP) is 2.55. The van der Waals surface area contributed by atoms with Crippen LogP contribution in [-0.2, 0) is 6.42 Å². The van der Waals surface area contributed by atoms with Crippen molar-refractivity contribution in [3.05, 3.63) is 33.8 Å². The molecule has 19 heavy (non-hydrogen) atoms. The van der Waals surface area contributed by atoms with E-state index in [0.717, 1.165) is 34.0 Å². The van der Waals surface area contributed by atoms with Gasteiger partial charge in [-0.15, -0.1) is 5.10 Å². The van der Waals surface area contributed by atoms with Gasteiger partial charge in [-0.1, -0.05) is 11.4 Å². The number of nitrogens with zero attached hydrogens (tertiary/aromatic N) is 2. The molecule has 0 spiro atoms. The number of nitrogens with one attached hydrogen (secondary N) is 1. The van der Waals surface area contributed by atoms with Crippen molar-refractivity contribution in [1.82, 2.24) is 9.59 Å². The van der Waals surface area contributed by atoms with Crippen LogP contribution < -0.4 is 11.1 Å². The third kappa shape index (κ3) is 2.73. The lowest BCUT2D eigenvalue weighted by Gasteiger charge is -2.12. The molecule has 0 aliphatic heterocycles. The van der Waals surface area contributed by atoms with Gasteiger partial charge in [0.1, 0.15) is 4.88 Å². The largest absolute Gasteiger partial charge is 0.399 e. The van der Waals surface area contributed by atoms with Crippen LogP contribution in [0.3, 0.4) is 0 Å². The van der Waals surface area contributed by atoms with Crippen molar-refractivity contribution in [2.45, 2.75) is 27.2 Å². The van der Waals surface area contributed by atoms with E-state index in [2.05, 4.69) is 14.9 Å². The number of aryl methyl sites for hydroxylation is 3. The van der Waals surface area contributed by atoms with Crippen molar-refractivity contribution in [1.29, 1.82) is 0 Å². The highest BCUT2D eigenvalue weighted by Gasteiger charge is 2.16. The van der Waals surface area contributed by atoms with Crippen LogP contribution in [0.2, 0.25) is 0 Å².